The molecule has 2 nitrogen and oxygen atoms in total. The summed E-state index contributed by atoms with van der Waals surface area (Å²) in [4.78, 5) is 0. The number of rotatable bonds is 5. The van der Waals surface area contributed by atoms with E-state index in [1.165, 1.54) is 11.1 Å². The summed E-state index contributed by atoms with van der Waals surface area (Å²) in [7, 11) is 2.05. The van der Waals surface area contributed by atoms with E-state index in [2.05, 4.69) is 51.3 Å². The molecule has 0 amide bonds. The van der Waals surface area contributed by atoms with Crippen LogP contribution in [0.2, 0.25) is 0 Å². The van der Waals surface area contributed by atoms with E-state index in [0.29, 0.717) is 5.92 Å². The minimum atomic E-state index is 0.560. The van der Waals surface area contributed by atoms with Crippen molar-refractivity contribution in [3.8, 4) is 5.75 Å². The first-order valence-electron chi connectivity index (χ1n) is 5.65. The van der Waals surface area contributed by atoms with E-state index in [1.807, 2.05) is 0 Å². The molecule has 15 heavy (non-hydrogen) atoms. The highest BCUT2D eigenvalue weighted by atomic mass is 16.5. The van der Waals surface area contributed by atoms with Crippen molar-refractivity contribution in [1.29, 1.82) is 0 Å². The van der Waals surface area contributed by atoms with Gasteiger partial charge in [-0.15, -0.1) is 0 Å². The van der Waals surface area contributed by atoms with Gasteiger partial charge in [0, 0.05) is 0 Å². The Morgan fingerprint density at radius 2 is 2.00 bits per heavy atom. The average Bonchev–Trinajstić information content (AvgIpc) is 2.17. The molecule has 0 spiro atoms. The summed E-state index contributed by atoms with van der Waals surface area (Å²) in [6.45, 7) is 8.31. The second kappa shape index (κ2) is 5.76. The molecule has 0 heterocycles. The first-order valence-corrected chi connectivity index (χ1v) is 5.65. The fourth-order valence-corrected chi connectivity index (χ4v) is 1.49. The number of hydrogen-bond donors (Lipinski definition) is 1. The fraction of sp³-hybridized carbons (Fsp3) is 0.538. The highest BCUT2D eigenvalue weighted by molar-refractivity contribution is 5.35. The van der Waals surface area contributed by atoms with Crippen molar-refractivity contribution in [2.45, 2.75) is 26.7 Å². The molecule has 84 valence electrons. The minimum Gasteiger partial charge on any atom is -0.488 e. The average molecular weight is 208 g/mol. The quantitative estimate of drug-likeness (QED) is 0.732. The maximum atomic E-state index is 5.69. The summed E-state index contributed by atoms with van der Waals surface area (Å²) in [6, 6.07) is 6.47. The fourth-order valence-electron chi connectivity index (χ4n) is 1.49. The predicted molar refractivity (Wildman–Crippen MR) is 63.5 cm³/mol. The summed E-state index contributed by atoms with van der Waals surface area (Å²) >= 11 is 0. The van der Waals surface area contributed by atoms with Gasteiger partial charge in [0.05, 0.1) is 7.05 Å². The van der Waals surface area contributed by atoms with Crippen LogP contribution in [0.1, 0.15) is 30.9 Å². The Hall–Kier alpha value is -1.02. The Labute approximate surface area is 92.6 Å². The first kappa shape index (κ1) is 12.1. The molecule has 2 N–H and O–H groups in total. The van der Waals surface area contributed by atoms with Crippen LogP contribution in [0.15, 0.2) is 18.2 Å². The number of quaternary nitrogens is 1. The van der Waals surface area contributed by atoms with E-state index in [1.54, 1.807) is 0 Å². The largest absolute Gasteiger partial charge is 0.488 e. The molecule has 0 aliphatic rings. The standard InChI is InChI=1S/C13H21NO/c1-10(2)12-7-11(3)8-13(9-12)15-6-5-14-4/h7-10,14H,5-6H2,1-4H3/p+1. The summed E-state index contributed by atoms with van der Waals surface area (Å²) in [6.07, 6.45) is 0. The van der Waals surface area contributed by atoms with Crippen molar-refractivity contribution in [2.75, 3.05) is 20.2 Å². The molecule has 0 bridgehead atoms. The molecule has 2 heteroatoms. The van der Waals surface area contributed by atoms with Gasteiger partial charge >= 0.3 is 0 Å². The molecule has 1 aromatic rings. The van der Waals surface area contributed by atoms with Crippen molar-refractivity contribution < 1.29 is 10.1 Å². The Bertz CT molecular complexity index is 307. The number of benzene rings is 1. The lowest BCUT2D eigenvalue weighted by Gasteiger charge is -2.11. The first-order chi connectivity index (χ1) is 7.13. The van der Waals surface area contributed by atoms with Crippen LogP contribution in [-0.4, -0.2) is 20.2 Å². The lowest BCUT2D eigenvalue weighted by Crippen LogP contribution is -2.80. The third-order valence-corrected chi connectivity index (χ3v) is 2.42. The zero-order chi connectivity index (χ0) is 11.3. The van der Waals surface area contributed by atoms with E-state index in [9.17, 15) is 0 Å². The molecule has 0 fully saturated rings. The van der Waals surface area contributed by atoms with Crippen molar-refractivity contribution in [2.24, 2.45) is 0 Å². The molecule has 0 saturated carbocycles. The molecule has 0 atom stereocenters. The zero-order valence-corrected chi connectivity index (χ0v) is 10.2. The highest BCUT2D eigenvalue weighted by Crippen LogP contribution is 2.22. The summed E-state index contributed by atoms with van der Waals surface area (Å²) in [5.74, 6) is 1.56. The molecular formula is C13H22NO+. The van der Waals surface area contributed by atoms with Gasteiger partial charge in [0.1, 0.15) is 18.9 Å². The monoisotopic (exact) mass is 208 g/mol. The van der Waals surface area contributed by atoms with E-state index in [4.69, 9.17) is 4.74 Å². The molecule has 0 radical (unpaired) electrons. The van der Waals surface area contributed by atoms with Crippen molar-refractivity contribution in [3.05, 3.63) is 29.3 Å². The van der Waals surface area contributed by atoms with Crippen LogP contribution in [0.25, 0.3) is 0 Å². The number of nitrogens with two attached hydrogens (primary N) is 1. The van der Waals surface area contributed by atoms with Gasteiger partial charge in [-0.3, -0.25) is 0 Å². The third-order valence-electron chi connectivity index (χ3n) is 2.42. The minimum absolute atomic E-state index is 0.560. The van der Waals surface area contributed by atoms with Gasteiger partial charge in [-0.1, -0.05) is 19.9 Å². The van der Waals surface area contributed by atoms with Crippen LogP contribution >= 0.6 is 0 Å². The summed E-state index contributed by atoms with van der Waals surface area (Å²) in [5.41, 5.74) is 2.63. The Morgan fingerprint density at radius 1 is 1.27 bits per heavy atom. The lowest BCUT2D eigenvalue weighted by atomic mass is 10.0. The lowest BCUT2D eigenvalue weighted by molar-refractivity contribution is -0.627. The molecular weight excluding hydrogens is 186 g/mol. The van der Waals surface area contributed by atoms with Crippen LogP contribution < -0.4 is 10.1 Å². The molecule has 1 aromatic carbocycles. The van der Waals surface area contributed by atoms with Crippen LogP contribution in [0.5, 0.6) is 5.75 Å². The van der Waals surface area contributed by atoms with Gasteiger partial charge in [0.25, 0.3) is 0 Å². The smallest absolute Gasteiger partial charge is 0.137 e. The highest BCUT2D eigenvalue weighted by Gasteiger charge is 2.03. The molecule has 0 aliphatic carbocycles. The van der Waals surface area contributed by atoms with Gasteiger partial charge < -0.3 is 10.1 Å². The summed E-state index contributed by atoms with van der Waals surface area (Å²) in [5, 5.41) is 2.12. The predicted octanol–water partition coefficient (Wildman–Crippen LogP) is 1.69. The van der Waals surface area contributed by atoms with Crippen molar-refractivity contribution in [3.63, 3.8) is 0 Å². The SMILES string of the molecule is C[NH2+]CCOc1cc(C)cc(C(C)C)c1. The molecule has 1 rings (SSSR count). The zero-order valence-electron chi connectivity index (χ0n) is 10.2. The van der Waals surface area contributed by atoms with Crippen LogP contribution in [-0.2, 0) is 0 Å². The van der Waals surface area contributed by atoms with Gasteiger partial charge in [0.15, 0.2) is 0 Å². The van der Waals surface area contributed by atoms with E-state index >= 15 is 0 Å². The van der Waals surface area contributed by atoms with Crippen molar-refractivity contribution >= 4 is 0 Å². The van der Waals surface area contributed by atoms with Gasteiger partial charge in [-0.2, -0.15) is 0 Å². The summed E-state index contributed by atoms with van der Waals surface area (Å²) < 4.78 is 5.69. The Balaban J connectivity index is 2.71. The van der Waals surface area contributed by atoms with Crippen LogP contribution in [0, 0.1) is 6.92 Å². The van der Waals surface area contributed by atoms with Crippen LogP contribution in [0.3, 0.4) is 0 Å². The van der Waals surface area contributed by atoms with Gasteiger partial charge in [0.2, 0.25) is 0 Å². The van der Waals surface area contributed by atoms with Crippen LogP contribution in [0.4, 0.5) is 0 Å². The number of ether oxygens (including phenoxy) is 1. The van der Waals surface area contributed by atoms with Crippen molar-refractivity contribution in [1.82, 2.24) is 0 Å². The number of hydrogen-bond acceptors (Lipinski definition) is 1. The maximum Gasteiger partial charge on any atom is 0.137 e. The second-order valence-electron chi connectivity index (χ2n) is 4.28. The number of likely N-dealkylation sites (N-methyl/N-ethyl adjacent to an activating group) is 1. The number of aryl methyl sites for hydroxylation is 1. The Kier molecular flexibility index (Phi) is 4.63. The normalized spacial score (nSPS) is 10.7. The molecule has 0 unspecified atom stereocenters. The molecule has 0 aliphatic heterocycles. The molecule has 0 saturated heterocycles. The molecule has 0 aromatic heterocycles. The van der Waals surface area contributed by atoms with E-state index in [0.717, 1.165) is 18.9 Å². The van der Waals surface area contributed by atoms with Gasteiger partial charge in [-0.05, 0) is 36.1 Å². The van der Waals surface area contributed by atoms with E-state index < -0.39 is 0 Å². The topological polar surface area (TPSA) is 25.8 Å². The van der Waals surface area contributed by atoms with E-state index in [-0.39, 0.29) is 0 Å². The second-order valence-corrected chi connectivity index (χ2v) is 4.28. The third kappa shape index (κ3) is 3.92. The Morgan fingerprint density at radius 3 is 2.60 bits per heavy atom. The maximum absolute atomic E-state index is 5.69. The van der Waals surface area contributed by atoms with Gasteiger partial charge in [-0.25, -0.2) is 0 Å².